The van der Waals surface area contributed by atoms with E-state index in [1.165, 1.54) is 11.1 Å². The molecule has 1 amide bonds. The van der Waals surface area contributed by atoms with Crippen molar-refractivity contribution < 1.29 is 4.79 Å². The Morgan fingerprint density at radius 2 is 1.25 bits per heavy atom. The molecule has 2 aromatic rings. The molecule has 0 saturated carbocycles. The van der Waals surface area contributed by atoms with E-state index >= 15 is 0 Å². The summed E-state index contributed by atoms with van der Waals surface area (Å²) in [5.41, 5.74) is 2.40. The molecule has 0 heterocycles. The number of carbonyl (C=O) groups excluding carboxylic acids is 1. The lowest BCUT2D eigenvalue weighted by atomic mass is 10.1. The van der Waals surface area contributed by atoms with Crippen LogP contribution >= 0.6 is 23.2 Å². The fraction of sp³-hybridized carbons (Fsp3) is 0.316. The van der Waals surface area contributed by atoms with E-state index in [1.807, 2.05) is 48.5 Å². The van der Waals surface area contributed by atoms with Crippen molar-refractivity contribution in [3.05, 3.63) is 69.7 Å². The molecule has 0 unspecified atom stereocenters. The van der Waals surface area contributed by atoms with Gasteiger partial charge in [-0.25, -0.2) is 0 Å². The molecule has 2 aromatic carbocycles. The summed E-state index contributed by atoms with van der Waals surface area (Å²) in [6.45, 7) is 2.17. The summed E-state index contributed by atoms with van der Waals surface area (Å²) in [5, 5.41) is 7.70. The van der Waals surface area contributed by atoms with Crippen LogP contribution in [0.15, 0.2) is 48.5 Å². The van der Waals surface area contributed by atoms with Crippen LogP contribution in [0.5, 0.6) is 0 Å². The molecule has 0 bridgehead atoms. The van der Waals surface area contributed by atoms with E-state index in [2.05, 4.69) is 10.6 Å². The van der Waals surface area contributed by atoms with Gasteiger partial charge in [-0.3, -0.25) is 4.79 Å². The molecule has 0 aliphatic heterocycles. The largest absolute Gasteiger partial charge is 0.356 e. The summed E-state index contributed by atoms with van der Waals surface area (Å²) in [6.07, 6.45) is 2.23. The van der Waals surface area contributed by atoms with Gasteiger partial charge in [0.2, 0.25) is 5.91 Å². The van der Waals surface area contributed by atoms with Gasteiger partial charge in [-0.2, -0.15) is 0 Å². The maximum atomic E-state index is 11.8. The van der Waals surface area contributed by atoms with Crippen molar-refractivity contribution in [3.8, 4) is 0 Å². The summed E-state index contributed by atoms with van der Waals surface area (Å²) >= 11 is 11.7. The predicted octanol–water partition coefficient (Wildman–Crippen LogP) is 3.87. The van der Waals surface area contributed by atoms with E-state index in [-0.39, 0.29) is 5.91 Å². The highest BCUT2D eigenvalue weighted by Gasteiger charge is 2.01. The lowest BCUT2D eigenvalue weighted by molar-refractivity contribution is -0.120. The Balaban J connectivity index is 1.51. The van der Waals surface area contributed by atoms with Gasteiger partial charge in [-0.15, -0.1) is 0 Å². The van der Waals surface area contributed by atoms with Gasteiger partial charge >= 0.3 is 0 Å². The molecule has 0 aromatic heterocycles. The van der Waals surface area contributed by atoms with Gasteiger partial charge in [0.15, 0.2) is 0 Å². The number of amides is 1. The number of hydrogen-bond donors (Lipinski definition) is 2. The van der Waals surface area contributed by atoms with Crippen LogP contribution in [0.4, 0.5) is 0 Å². The first-order chi connectivity index (χ1) is 11.6. The van der Waals surface area contributed by atoms with Crippen LogP contribution in [0.2, 0.25) is 10.0 Å². The fourth-order valence-electron chi connectivity index (χ4n) is 2.30. The van der Waals surface area contributed by atoms with Crippen LogP contribution in [-0.4, -0.2) is 25.5 Å². The van der Waals surface area contributed by atoms with E-state index in [4.69, 9.17) is 23.2 Å². The Labute approximate surface area is 153 Å². The maximum absolute atomic E-state index is 11.8. The molecule has 5 heteroatoms. The highest BCUT2D eigenvalue weighted by molar-refractivity contribution is 6.30. The highest BCUT2D eigenvalue weighted by atomic mass is 35.5. The van der Waals surface area contributed by atoms with Crippen LogP contribution in [0.3, 0.4) is 0 Å². The van der Waals surface area contributed by atoms with Crippen molar-refractivity contribution in [1.29, 1.82) is 0 Å². The number of carbonyl (C=O) groups is 1. The zero-order chi connectivity index (χ0) is 17.2. The molecule has 2 rings (SSSR count). The molecule has 0 radical (unpaired) electrons. The van der Waals surface area contributed by atoms with Gasteiger partial charge in [-0.1, -0.05) is 47.5 Å². The first-order valence-corrected chi connectivity index (χ1v) is 8.85. The Bertz CT molecular complexity index is 627. The minimum Gasteiger partial charge on any atom is -0.356 e. The molecule has 24 heavy (non-hydrogen) atoms. The standard InChI is InChI=1S/C19H22Cl2N2O/c20-17-5-1-15(2-6-17)9-12-22-13-11-19(24)23-14-10-16-3-7-18(21)8-4-16/h1-8,22H,9-14H2,(H,23,24). The second kappa shape index (κ2) is 10.3. The Kier molecular flexibility index (Phi) is 8.10. The number of rotatable bonds is 9. The molecule has 2 N–H and O–H groups in total. The summed E-state index contributed by atoms with van der Waals surface area (Å²) in [7, 11) is 0. The Hall–Kier alpha value is -1.55. The Morgan fingerprint density at radius 1 is 0.750 bits per heavy atom. The molecule has 128 valence electrons. The highest BCUT2D eigenvalue weighted by Crippen LogP contribution is 2.10. The van der Waals surface area contributed by atoms with Crippen LogP contribution in [-0.2, 0) is 17.6 Å². The van der Waals surface area contributed by atoms with Gasteiger partial charge in [-0.05, 0) is 54.8 Å². The van der Waals surface area contributed by atoms with Gasteiger partial charge in [0.1, 0.15) is 0 Å². The maximum Gasteiger partial charge on any atom is 0.221 e. The fourth-order valence-corrected chi connectivity index (χ4v) is 2.55. The number of nitrogens with one attached hydrogen (secondary N) is 2. The minimum atomic E-state index is 0.0722. The number of benzene rings is 2. The average molecular weight is 365 g/mol. The topological polar surface area (TPSA) is 41.1 Å². The third kappa shape index (κ3) is 7.35. The molecular weight excluding hydrogens is 343 g/mol. The number of halogens is 2. The predicted molar refractivity (Wildman–Crippen MR) is 101 cm³/mol. The van der Waals surface area contributed by atoms with Crippen molar-refractivity contribution in [2.75, 3.05) is 19.6 Å². The van der Waals surface area contributed by atoms with Gasteiger partial charge in [0.05, 0.1) is 0 Å². The van der Waals surface area contributed by atoms with E-state index in [0.29, 0.717) is 19.5 Å². The summed E-state index contributed by atoms with van der Waals surface area (Å²) < 4.78 is 0. The van der Waals surface area contributed by atoms with Crippen LogP contribution in [0.1, 0.15) is 17.5 Å². The minimum absolute atomic E-state index is 0.0722. The molecule has 0 atom stereocenters. The van der Waals surface area contributed by atoms with Crippen LogP contribution in [0.25, 0.3) is 0 Å². The third-order valence-corrected chi connectivity index (χ3v) is 4.19. The molecule has 0 aliphatic rings. The third-order valence-electron chi connectivity index (χ3n) is 3.68. The monoisotopic (exact) mass is 364 g/mol. The van der Waals surface area contributed by atoms with Crippen molar-refractivity contribution in [3.63, 3.8) is 0 Å². The molecule has 0 spiro atoms. The summed E-state index contributed by atoms with van der Waals surface area (Å²) in [4.78, 5) is 11.8. The molecule has 3 nitrogen and oxygen atoms in total. The second-order valence-electron chi connectivity index (χ2n) is 5.60. The Morgan fingerprint density at radius 3 is 1.79 bits per heavy atom. The normalized spacial score (nSPS) is 10.6. The molecular formula is C19H22Cl2N2O. The first-order valence-electron chi connectivity index (χ1n) is 8.10. The van der Waals surface area contributed by atoms with Gasteiger partial charge in [0, 0.05) is 29.6 Å². The summed E-state index contributed by atoms with van der Waals surface area (Å²) in [6, 6.07) is 15.5. The lowest BCUT2D eigenvalue weighted by Gasteiger charge is -2.07. The van der Waals surface area contributed by atoms with Crippen LogP contribution in [0, 0.1) is 0 Å². The zero-order valence-electron chi connectivity index (χ0n) is 13.5. The smallest absolute Gasteiger partial charge is 0.221 e. The zero-order valence-corrected chi connectivity index (χ0v) is 15.0. The molecule has 0 aliphatic carbocycles. The quantitative estimate of drug-likeness (QED) is 0.663. The van der Waals surface area contributed by atoms with E-state index in [9.17, 15) is 4.79 Å². The van der Waals surface area contributed by atoms with E-state index in [0.717, 1.165) is 29.4 Å². The van der Waals surface area contributed by atoms with Crippen molar-refractivity contribution in [1.82, 2.24) is 10.6 Å². The SMILES string of the molecule is O=C(CCNCCc1ccc(Cl)cc1)NCCc1ccc(Cl)cc1. The lowest BCUT2D eigenvalue weighted by Crippen LogP contribution is -2.29. The molecule has 0 fully saturated rings. The van der Waals surface area contributed by atoms with Crippen molar-refractivity contribution in [2.45, 2.75) is 19.3 Å². The second-order valence-corrected chi connectivity index (χ2v) is 6.48. The van der Waals surface area contributed by atoms with E-state index in [1.54, 1.807) is 0 Å². The van der Waals surface area contributed by atoms with E-state index < -0.39 is 0 Å². The number of hydrogen-bond acceptors (Lipinski definition) is 2. The molecule has 0 saturated heterocycles. The van der Waals surface area contributed by atoms with Crippen LogP contribution < -0.4 is 10.6 Å². The van der Waals surface area contributed by atoms with Crippen molar-refractivity contribution in [2.24, 2.45) is 0 Å². The first kappa shape index (κ1) is 18.8. The van der Waals surface area contributed by atoms with Gasteiger partial charge in [0.25, 0.3) is 0 Å². The summed E-state index contributed by atoms with van der Waals surface area (Å²) in [5.74, 6) is 0.0722. The van der Waals surface area contributed by atoms with Gasteiger partial charge < -0.3 is 10.6 Å². The average Bonchev–Trinajstić information content (AvgIpc) is 2.58. The van der Waals surface area contributed by atoms with Crippen molar-refractivity contribution >= 4 is 29.1 Å².